The largest absolute Gasteiger partial charge is 0.325 e. The van der Waals surface area contributed by atoms with Gasteiger partial charge in [0.25, 0.3) is 0 Å². The van der Waals surface area contributed by atoms with E-state index in [1.165, 1.54) is 11.1 Å². The molecule has 0 aromatic heterocycles. The van der Waals surface area contributed by atoms with E-state index < -0.39 is 0 Å². The van der Waals surface area contributed by atoms with Crippen molar-refractivity contribution in [3.8, 4) is 6.07 Å². The van der Waals surface area contributed by atoms with Crippen LogP contribution in [0.4, 0.5) is 5.69 Å². The molecule has 2 aromatic carbocycles. The van der Waals surface area contributed by atoms with E-state index in [1.54, 1.807) is 36.0 Å². The molecule has 1 atom stereocenters. The van der Waals surface area contributed by atoms with Gasteiger partial charge >= 0.3 is 0 Å². The fraction of sp³-hybridized carbons (Fsp3) is 0.222. The molecular formula is C18H18N2OS. The topological polar surface area (TPSA) is 52.9 Å². The lowest BCUT2D eigenvalue weighted by molar-refractivity contribution is -0.115. The van der Waals surface area contributed by atoms with Gasteiger partial charge in [0.1, 0.15) is 0 Å². The molecule has 0 aliphatic carbocycles. The predicted molar refractivity (Wildman–Crippen MR) is 91.0 cm³/mol. The Morgan fingerprint density at radius 1 is 1.18 bits per heavy atom. The number of benzene rings is 2. The zero-order valence-corrected chi connectivity index (χ0v) is 13.7. The average Bonchev–Trinajstić information content (AvgIpc) is 2.50. The van der Waals surface area contributed by atoms with Crippen LogP contribution in [-0.4, -0.2) is 11.2 Å². The summed E-state index contributed by atoms with van der Waals surface area (Å²) < 4.78 is 0. The summed E-state index contributed by atoms with van der Waals surface area (Å²) in [4.78, 5) is 13.4. The molecular weight excluding hydrogens is 292 g/mol. The molecule has 0 aliphatic rings. The molecule has 0 radical (unpaired) electrons. The Hall–Kier alpha value is -2.25. The van der Waals surface area contributed by atoms with Gasteiger partial charge in [-0.25, -0.2) is 0 Å². The second kappa shape index (κ2) is 7.15. The first-order chi connectivity index (χ1) is 10.5. The lowest BCUT2D eigenvalue weighted by Crippen LogP contribution is -2.22. The summed E-state index contributed by atoms with van der Waals surface area (Å²) in [5.74, 6) is -0.0466. The number of anilines is 1. The van der Waals surface area contributed by atoms with Crippen LogP contribution in [-0.2, 0) is 4.79 Å². The van der Waals surface area contributed by atoms with Crippen LogP contribution in [0.2, 0.25) is 0 Å². The number of nitriles is 1. The van der Waals surface area contributed by atoms with E-state index in [0.717, 1.165) is 4.90 Å². The highest BCUT2D eigenvalue weighted by molar-refractivity contribution is 8.00. The number of hydrogen-bond donors (Lipinski definition) is 1. The molecule has 0 fully saturated rings. The molecule has 0 saturated carbocycles. The number of nitrogens with one attached hydrogen (secondary N) is 1. The van der Waals surface area contributed by atoms with Gasteiger partial charge in [-0.3, -0.25) is 4.79 Å². The van der Waals surface area contributed by atoms with Crippen molar-refractivity contribution in [2.45, 2.75) is 30.9 Å². The number of amides is 1. The molecule has 1 N–H and O–H groups in total. The molecule has 0 aliphatic heterocycles. The van der Waals surface area contributed by atoms with Crippen molar-refractivity contribution in [3.05, 3.63) is 59.2 Å². The average molecular weight is 310 g/mol. The van der Waals surface area contributed by atoms with E-state index in [9.17, 15) is 4.79 Å². The molecule has 0 heterocycles. The van der Waals surface area contributed by atoms with Crippen molar-refractivity contribution in [2.75, 3.05) is 5.32 Å². The molecule has 4 heteroatoms. The number of nitrogens with zero attached hydrogens (tertiary/aromatic N) is 1. The number of carbonyl (C=O) groups excluding carboxylic acids is 1. The minimum Gasteiger partial charge on any atom is -0.325 e. The van der Waals surface area contributed by atoms with Gasteiger partial charge in [-0.15, -0.1) is 11.8 Å². The Morgan fingerprint density at radius 2 is 1.86 bits per heavy atom. The van der Waals surface area contributed by atoms with Gasteiger partial charge in [0, 0.05) is 10.6 Å². The number of hydrogen-bond acceptors (Lipinski definition) is 3. The maximum Gasteiger partial charge on any atom is 0.237 e. The first kappa shape index (κ1) is 16.1. The first-order valence-electron chi connectivity index (χ1n) is 7.04. The van der Waals surface area contributed by atoms with Gasteiger partial charge in [-0.2, -0.15) is 5.26 Å². The fourth-order valence-corrected chi connectivity index (χ4v) is 2.99. The molecule has 2 aromatic rings. The van der Waals surface area contributed by atoms with Crippen molar-refractivity contribution in [2.24, 2.45) is 0 Å². The minimum atomic E-state index is -0.197. The standard InChI is InChI=1S/C18H18N2OS/c1-12-4-9-17(13(2)10-12)22-14(3)18(21)20-16-7-5-15(11-19)6-8-16/h4-10,14H,1-3H3,(H,20,21). The Balaban J connectivity index is 2.01. The molecule has 2 rings (SSSR count). The Morgan fingerprint density at radius 3 is 2.45 bits per heavy atom. The zero-order chi connectivity index (χ0) is 16.1. The van der Waals surface area contributed by atoms with Crippen LogP contribution in [0.15, 0.2) is 47.4 Å². The van der Waals surface area contributed by atoms with E-state index in [-0.39, 0.29) is 11.2 Å². The summed E-state index contributed by atoms with van der Waals surface area (Å²) in [6.07, 6.45) is 0. The quantitative estimate of drug-likeness (QED) is 0.857. The third kappa shape index (κ3) is 4.12. The summed E-state index contributed by atoms with van der Waals surface area (Å²) >= 11 is 1.55. The van der Waals surface area contributed by atoms with Gasteiger partial charge in [-0.1, -0.05) is 17.7 Å². The molecule has 22 heavy (non-hydrogen) atoms. The van der Waals surface area contributed by atoms with Gasteiger partial charge < -0.3 is 5.32 Å². The molecule has 3 nitrogen and oxygen atoms in total. The van der Waals surface area contributed by atoms with E-state index in [4.69, 9.17) is 5.26 Å². The second-order valence-corrected chi connectivity index (χ2v) is 6.59. The zero-order valence-electron chi connectivity index (χ0n) is 12.9. The predicted octanol–water partition coefficient (Wildman–Crippen LogP) is 4.29. The monoisotopic (exact) mass is 310 g/mol. The highest BCUT2D eigenvalue weighted by Gasteiger charge is 2.15. The lowest BCUT2D eigenvalue weighted by atomic mass is 10.2. The number of carbonyl (C=O) groups is 1. The van der Waals surface area contributed by atoms with Gasteiger partial charge in [0.05, 0.1) is 16.9 Å². The summed E-state index contributed by atoms with van der Waals surface area (Å²) in [7, 11) is 0. The number of thioether (sulfide) groups is 1. The highest BCUT2D eigenvalue weighted by atomic mass is 32.2. The SMILES string of the molecule is Cc1ccc(SC(C)C(=O)Nc2ccc(C#N)cc2)c(C)c1. The smallest absolute Gasteiger partial charge is 0.237 e. The maximum atomic E-state index is 12.3. The van der Waals surface area contributed by atoms with Crippen LogP contribution >= 0.6 is 11.8 Å². The minimum absolute atomic E-state index is 0.0466. The van der Waals surface area contributed by atoms with Crippen molar-refractivity contribution in [1.29, 1.82) is 5.26 Å². The van der Waals surface area contributed by atoms with Crippen molar-refractivity contribution < 1.29 is 4.79 Å². The van der Waals surface area contributed by atoms with Gasteiger partial charge in [0.15, 0.2) is 0 Å². The highest BCUT2D eigenvalue weighted by Crippen LogP contribution is 2.28. The molecule has 1 unspecified atom stereocenters. The van der Waals surface area contributed by atoms with Crippen molar-refractivity contribution in [1.82, 2.24) is 0 Å². The lowest BCUT2D eigenvalue weighted by Gasteiger charge is -2.14. The van der Waals surface area contributed by atoms with Crippen molar-refractivity contribution >= 4 is 23.4 Å². The van der Waals surface area contributed by atoms with E-state index in [1.807, 2.05) is 6.92 Å². The normalized spacial score (nSPS) is 11.5. The van der Waals surface area contributed by atoms with Crippen LogP contribution < -0.4 is 5.32 Å². The number of aryl methyl sites for hydroxylation is 2. The number of rotatable bonds is 4. The first-order valence-corrected chi connectivity index (χ1v) is 7.92. The third-order valence-corrected chi connectivity index (χ3v) is 4.56. The Labute approximate surface area is 135 Å². The fourth-order valence-electron chi connectivity index (χ4n) is 2.05. The van der Waals surface area contributed by atoms with Crippen molar-refractivity contribution in [3.63, 3.8) is 0 Å². The Bertz CT molecular complexity index is 717. The van der Waals surface area contributed by atoms with Crippen LogP contribution in [0.25, 0.3) is 0 Å². The molecule has 0 saturated heterocycles. The molecule has 112 valence electrons. The van der Waals surface area contributed by atoms with Crippen LogP contribution in [0.3, 0.4) is 0 Å². The van der Waals surface area contributed by atoms with E-state index in [0.29, 0.717) is 11.3 Å². The van der Waals surface area contributed by atoms with E-state index in [2.05, 4.69) is 43.4 Å². The third-order valence-electron chi connectivity index (χ3n) is 3.28. The van der Waals surface area contributed by atoms with Crippen LogP contribution in [0, 0.1) is 25.2 Å². The summed E-state index contributed by atoms with van der Waals surface area (Å²) in [6.45, 7) is 6.01. The maximum absolute atomic E-state index is 12.3. The van der Waals surface area contributed by atoms with E-state index >= 15 is 0 Å². The molecule has 0 bridgehead atoms. The van der Waals surface area contributed by atoms with Gasteiger partial charge in [0.2, 0.25) is 5.91 Å². The van der Waals surface area contributed by atoms with Crippen LogP contribution in [0.1, 0.15) is 23.6 Å². The van der Waals surface area contributed by atoms with Gasteiger partial charge in [-0.05, 0) is 56.7 Å². The molecule has 0 spiro atoms. The summed E-state index contributed by atoms with van der Waals surface area (Å²) in [5.41, 5.74) is 3.69. The molecule has 1 amide bonds. The summed E-state index contributed by atoms with van der Waals surface area (Å²) in [6, 6.07) is 15.2. The Kier molecular flexibility index (Phi) is 5.24. The summed E-state index contributed by atoms with van der Waals surface area (Å²) in [5, 5.41) is 11.4. The second-order valence-electron chi connectivity index (χ2n) is 5.21. The van der Waals surface area contributed by atoms with Crippen LogP contribution in [0.5, 0.6) is 0 Å².